The predicted molar refractivity (Wildman–Crippen MR) is 90.7 cm³/mol. The topological polar surface area (TPSA) is 72.7 Å². The third-order valence-electron chi connectivity index (χ3n) is 3.41. The molecule has 0 saturated heterocycles. The molecule has 0 saturated carbocycles. The SMILES string of the molecule is O=C(/C=C/c1cccnc1)NCc1ccc(Cn2cncn2)cc1. The standard InChI is InChI=1S/C18H17N5O/c24-18(8-7-15-2-1-9-19-10-15)21-11-16-3-5-17(6-4-16)12-23-14-20-13-22-23/h1-10,13-14H,11-12H2,(H,21,24)/b8-7+. The van der Waals surface area contributed by atoms with Crippen LogP contribution in [0.4, 0.5) is 0 Å². The monoisotopic (exact) mass is 319 g/mol. The Morgan fingerprint density at radius 3 is 2.67 bits per heavy atom. The lowest BCUT2D eigenvalue weighted by molar-refractivity contribution is -0.116. The van der Waals surface area contributed by atoms with Crippen LogP contribution in [0.15, 0.2) is 67.5 Å². The van der Waals surface area contributed by atoms with Crippen LogP contribution in [0.2, 0.25) is 0 Å². The van der Waals surface area contributed by atoms with Crippen molar-refractivity contribution in [3.05, 3.63) is 84.2 Å². The Labute approximate surface area is 139 Å². The molecule has 0 aliphatic heterocycles. The zero-order valence-corrected chi connectivity index (χ0v) is 13.0. The van der Waals surface area contributed by atoms with E-state index in [1.165, 1.54) is 12.4 Å². The molecule has 120 valence electrons. The number of hydrogen-bond donors (Lipinski definition) is 1. The molecular weight excluding hydrogens is 302 g/mol. The molecule has 3 rings (SSSR count). The number of hydrogen-bond acceptors (Lipinski definition) is 4. The maximum atomic E-state index is 11.8. The van der Waals surface area contributed by atoms with Crippen molar-refractivity contribution in [3.63, 3.8) is 0 Å². The third-order valence-corrected chi connectivity index (χ3v) is 3.41. The van der Waals surface area contributed by atoms with Crippen molar-refractivity contribution in [2.45, 2.75) is 13.1 Å². The van der Waals surface area contributed by atoms with Crippen molar-refractivity contribution in [1.29, 1.82) is 0 Å². The number of aromatic nitrogens is 4. The van der Waals surface area contributed by atoms with Crippen LogP contribution in [0.1, 0.15) is 16.7 Å². The summed E-state index contributed by atoms with van der Waals surface area (Å²) in [4.78, 5) is 19.7. The van der Waals surface area contributed by atoms with E-state index >= 15 is 0 Å². The fraction of sp³-hybridized carbons (Fsp3) is 0.111. The Morgan fingerprint density at radius 2 is 1.96 bits per heavy atom. The van der Waals surface area contributed by atoms with Gasteiger partial charge in [-0.25, -0.2) is 9.67 Å². The second-order valence-electron chi connectivity index (χ2n) is 5.25. The van der Waals surface area contributed by atoms with Gasteiger partial charge in [0.2, 0.25) is 5.91 Å². The zero-order chi connectivity index (χ0) is 16.6. The quantitative estimate of drug-likeness (QED) is 0.706. The van der Waals surface area contributed by atoms with Crippen molar-refractivity contribution >= 4 is 12.0 Å². The normalized spacial score (nSPS) is 10.8. The molecule has 0 aliphatic carbocycles. The van der Waals surface area contributed by atoms with E-state index in [9.17, 15) is 4.79 Å². The van der Waals surface area contributed by atoms with E-state index in [1.54, 1.807) is 29.5 Å². The summed E-state index contributed by atoms with van der Waals surface area (Å²) in [5.74, 6) is -0.134. The molecule has 24 heavy (non-hydrogen) atoms. The fourth-order valence-electron chi connectivity index (χ4n) is 2.16. The first-order valence-electron chi connectivity index (χ1n) is 7.56. The van der Waals surface area contributed by atoms with Crippen LogP contribution < -0.4 is 5.32 Å². The van der Waals surface area contributed by atoms with Gasteiger partial charge in [-0.15, -0.1) is 0 Å². The van der Waals surface area contributed by atoms with Gasteiger partial charge in [0.05, 0.1) is 6.54 Å². The summed E-state index contributed by atoms with van der Waals surface area (Å²) in [5.41, 5.74) is 3.07. The van der Waals surface area contributed by atoms with Crippen molar-refractivity contribution in [2.75, 3.05) is 0 Å². The molecule has 1 N–H and O–H groups in total. The van der Waals surface area contributed by atoms with Gasteiger partial charge in [0.15, 0.2) is 0 Å². The molecule has 0 radical (unpaired) electrons. The fourth-order valence-corrected chi connectivity index (χ4v) is 2.16. The summed E-state index contributed by atoms with van der Waals surface area (Å²) in [6, 6.07) is 11.8. The number of nitrogens with one attached hydrogen (secondary N) is 1. The maximum absolute atomic E-state index is 11.8. The molecule has 0 aliphatic rings. The van der Waals surface area contributed by atoms with E-state index in [-0.39, 0.29) is 5.91 Å². The van der Waals surface area contributed by atoms with E-state index in [2.05, 4.69) is 20.4 Å². The lowest BCUT2D eigenvalue weighted by Crippen LogP contribution is -2.20. The zero-order valence-electron chi connectivity index (χ0n) is 13.0. The Bertz CT molecular complexity index is 795. The summed E-state index contributed by atoms with van der Waals surface area (Å²) in [5, 5.41) is 6.94. The number of pyridine rings is 1. The Hall–Kier alpha value is -3.28. The highest BCUT2D eigenvalue weighted by Crippen LogP contribution is 2.06. The van der Waals surface area contributed by atoms with Gasteiger partial charge in [-0.1, -0.05) is 30.3 Å². The number of nitrogens with zero attached hydrogens (tertiary/aromatic N) is 4. The minimum absolute atomic E-state index is 0.134. The average Bonchev–Trinajstić information content (AvgIpc) is 3.13. The number of carbonyl (C=O) groups excluding carboxylic acids is 1. The molecule has 2 heterocycles. The summed E-state index contributed by atoms with van der Waals surface area (Å²) in [6.07, 6.45) is 9.85. The molecule has 0 bridgehead atoms. The first-order chi connectivity index (χ1) is 11.8. The van der Waals surface area contributed by atoms with Crippen molar-refractivity contribution in [3.8, 4) is 0 Å². The van der Waals surface area contributed by atoms with Crippen molar-refractivity contribution in [2.24, 2.45) is 0 Å². The van der Waals surface area contributed by atoms with Gasteiger partial charge < -0.3 is 5.32 Å². The smallest absolute Gasteiger partial charge is 0.244 e. The van der Waals surface area contributed by atoms with Crippen LogP contribution in [-0.4, -0.2) is 25.7 Å². The molecule has 0 spiro atoms. The molecule has 0 unspecified atom stereocenters. The predicted octanol–water partition coefficient (Wildman–Crippen LogP) is 2.05. The molecule has 0 fully saturated rings. The Balaban J connectivity index is 1.49. The number of amides is 1. The van der Waals surface area contributed by atoms with Crippen molar-refractivity contribution < 1.29 is 4.79 Å². The van der Waals surface area contributed by atoms with Crippen LogP contribution in [0.5, 0.6) is 0 Å². The Kier molecular flexibility index (Phi) is 5.09. The maximum Gasteiger partial charge on any atom is 0.244 e. The minimum Gasteiger partial charge on any atom is -0.348 e. The number of rotatable bonds is 6. The summed E-state index contributed by atoms with van der Waals surface area (Å²) in [7, 11) is 0. The van der Waals surface area contributed by atoms with Gasteiger partial charge in [-0.2, -0.15) is 5.10 Å². The van der Waals surface area contributed by atoms with E-state index in [0.717, 1.165) is 16.7 Å². The highest BCUT2D eigenvalue weighted by atomic mass is 16.1. The Morgan fingerprint density at radius 1 is 1.12 bits per heavy atom. The molecule has 1 amide bonds. The second-order valence-corrected chi connectivity index (χ2v) is 5.25. The lowest BCUT2D eigenvalue weighted by atomic mass is 10.1. The first kappa shape index (κ1) is 15.6. The first-order valence-corrected chi connectivity index (χ1v) is 7.56. The van der Waals surface area contributed by atoms with Gasteiger partial charge in [-0.3, -0.25) is 9.78 Å². The minimum atomic E-state index is -0.134. The van der Waals surface area contributed by atoms with E-state index in [4.69, 9.17) is 0 Å². The lowest BCUT2D eigenvalue weighted by Gasteiger charge is -2.05. The number of benzene rings is 1. The third kappa shape index (κ3) is 4.61. The van der Waals surface area contributed by atoms with Gasteiger partial charge in [-0.05, 0) is 28.8 Å². The van der Waals surface area contributed by atoms with Gasteiger partial charge in [0.1, 0.15) is 12.7 Å². The van der Waals surface area contributed by atoms with E-state index < -0.39 is 0 Å². The van der Waals surface area contributed by atoms with Crippen LogP contribution in [0, 0.1) is 0 Å². The largest absolute Gasteiger partial charge is 0.348 e. The molecule has 6 nitrogen and oxygen atoms in total. The van der Waals surface area contributed by atoms with Crippen LogP contribution in [-0.2, 0) is 17.9 Å². The summed E-state index contributed by atoms with van der Waals surface area (Å²) >= 11 is 0. The molecule has 3 aromatic rings. The van der Waals surface area contributed by atoms with Crippen LogP contribution in [0.3, 0.4) is 0 Å². The van der Waals surface area contributed by atoms with Gasteiger partial charge in [0.25, 0.3) is 0 Å². The highest BCUT2D eigenvalue weighted by molar-refractivity contribution is 5.91. The van der Waals surface area contributed by atoms with Crippen molar-refractivity contribution in [1.82, 2.24) is 25.1 Å². The summed E-state index contributed by atoms with van der Waals surface area (Å²) in [6.45, 7) is 1.17. The second kappa shape index (κ2) is 7.82. The molecule has 1 aromatic carbocycles. The number of carbonyl (C=O) groups is 1. The molecule has 0 atom stereocenters. The highest BCUT2D eigenvalue weighted by Gasteiger charge is 1.99. The molecule has 2 aromatic heterocycles. The van der Waals surface area contributed by atoms with E-state index in [1.807, 2.05) is 36.4 Å². The average molecular weight is 319 g/mol. The van der Waals surface area contributed by atoms with Crippen LogP contribution in [0.25, 0.3) is 6.08 Å². The molecular formula is C18H17N5O. The van der Waals surface area contributed by atoms with Gasteiger partial charge in [0, 0.05) is 25.0 Å². The van der Waals surface area contributed by atoms with Crippen LogP contribution >= 0.6 is 0 Å². The molecule has 6 heteroatoms. The van der Waals surface area contributed by atoms with Gasteiger partial charge >= 0.3 is 0 Å². The summed E-state index contributed by atoms with van der Waals surface area (Å²) < 4.78 is 1.76. The van der Waals surface area contributed by atoms with E-state index in [0.29, 0.717) is 13.1 Å².